The monoisotopic (exact) mass is 313 g/mol. The number of aromatic nitrogens is 2. The van der Waals surface area contributed by atoms with E-state index in [4.69, 9.17) is 9.47 Å². The van der Waals surface area contributed by atoms with Gasteiger partial charge in [0.05, 0.1) is 0 Å². The van der Waals surface area contributed by atoms with E-state index in [1.807, 2.05) is 30.6 Å². The molecule has 0 fully saturated rings. The normalized spacial score (nSPS) is 18.5. The molecular formula is C17H19N3O3. The molecule has 0 radical (unpaired) electrons. The Bertz CT molecular complexity index is 726. The second kappa shape index (κ2) is 5.95. The van der Waals surface area contributed by atoms with Crippen LogP contribution in [0.2, 0.25) is 0 Å². The Balaban J connectivity index is 1.29. The summed E-state index contributed by atoms with van der Waals surface area (Å²) >= 11 is 0. The number of benzene rings is 1. The van der Waals surface area contributed by atoms with E-state index in [0.29, 0.717) is 12.8 Å². The number of imidazole rings is 1. The molecule has 1 aromatic carbocycles. The number of hydrogen-bond acceptors (Lipinski definition) is 4. The lowest BCUT2D eigenvalue weighted by Gasteiger charge is -2.24. The van der Waals surface area contributed by atoms with Gasteiger partial charge in [-0.25, -0.2) is 4.98 Å². The van der Waals surface area contributed by atoms with Crippen LogP contribution in [-0.4, -0.2) is 28.3 Å². The van der Waals surface area contributed by atoms with E-state index in [1.165, 1.54) is 0 Å². The Kier molecular flexibility index (Phi) is 3.65. The fourth-order valence-corrected chi connectivity index (χ4v) is 3.14. The summed E-state index contributed by atoms with van der Waals surface area (Å²) in [6.07, 6.45) is 6.84. The van der Waals surface area contributed by atoms with Crippen molar-refractivity contribution in [1.82, 2.24) is 14.9 Å². The summed E-state index contributed by atoms with van der Waals surface area (Å²) < 4.78 is 12.8. The zero-order valence-electron chi connectivity index (χ0n) is 12.8. The topological polar surface area (TPSA) is 65.4 Å². The number of hydrogen-bond donors (Lipinski definition) is 1. The molecular weight excluding hydrogens is 294 g/mol. The summed E-state index contributed by atoms with van der Waals surface area (Å²) in [5, 5.41) is 3.13. The van der Waals surface area contributed by atoms with Crippen LogP contribution >= 0.6 is 0 Å². The molecule has 6 heteroatoms. The van der Waals surface area contributed by atoms with Crippen LogP contribution in [0.25, 0.3) is 0 Å². The molecule has 3 heterocycles. The first-order valence-corrected chi connectivity index (χ1v) is 7.96. The molecule has 2 aliphatic rings. The van der Waals surface area contributed by atoms with Gasteiger partial charge in [0.1, 0.15) is 5.82 Å². The molecule has 0 saturated carbocycles. The van der Waals surface area contributed by atoms with E-state index >= 15 is 0 Å². The minimum absolute atomic E-state index is 0.0937. The van der Waals surface area contributed by atoms with Crippen LogP contribution in [0.3, 0.4) is 0 Å². The van der Waals surface area contributed by atoms with Crippen molar-refractivity contribution in [3.63, 3.8) is 0 Å². The van der Waals surface area contributed by atoms with Gasteiger partial charge in [-0.3, -0.25) is 4.79 Å². The minimum atomic E-state index is 0.0937. The van der Waals surface area contributed by atoms with E-state index in [9.17, 15) is 4.79 Å². The molecule has 0 unspecified atom stereocenters. The van der Waals surface area contributed by atoms with Crippen molar-refractivity contribution in [2.75, 3.05) is 6.79 Å². The highest BCUT2D eigenvalue weighted by molar-refractivity contribution is 5.76. The highest BCUT2D eigenvalue weighted by atomic mass is 16.7. The Morgan fingerprint density at radius 1 is 1.35 bits per heavy atom. The Morgan fingerprint density at radius 2 is 2.26 bits per heavy atom. The number of nitrogens with one attached hydrogen (secondary N) is 1. The second-order valence-electron chi connectivity index (χ2n) is 5.99. The van der Waals surface area contributed by atoms with Crippen molar-refractivity contribution < 1.29 is 14.3 Å². The Labute approximate surface area is 134 Å². The molecule has 1 aromatic heterocycles. The van der Waals surface area contributed by atoms with E-state index < -0.39 is 0 Å². The highest BCUT2D eigenvalue weighted by Crippen LogP contribution is 2.32. The van der Waals surface area contributed by atoms with Crippen LogP contribution in [0.4, 0.5) is 0 Å². The van der Waals surface area contributed by atoms with Crippen molar-refractivity contribution in [1.29, 1.82) is 0 Å². The third kappa shape index (κ3) is 3.02. The van der Waals surface area contributed by atoms with Gasteiger partial charge < -0.3 is 19.4 Å². The van der Waals surface area contributed by atoms with Crippen molar-refractivity contribution in [2.45, 2.75) is 38.3 Å². The van der Waals surface area contributed by atoms with Crippen LogP contribution in [-0.2, 0) is 24.2 Å². The predicted molar refractivity (Wildman–Crippen MR) is 83.4 cm³/mol. The molecule has 23 heavy (non-hydrogen) atoms. The quantitative estimate of drug-likeness (QED) is 0.932. The van der Waals surface area contributed by atoms with E-state index in [2.05, 4.69) is 14.9 Å². The maximum Gasteiger partial charge on any atom is 0.231 e. The van der Waals surface area contributed by atoms with Crippen LogP contribution in [0.5, 0.6) is 11.5 Å². The lowest BCUT2D eigenvalue weighted by molar-refractivity contribution is -0.122. The number of fused-ring (bicyclic) bond motifs is 2. The van der Waals surface area contributed by atoms with Gasteiger partial charge in [0.15, 0.2) is 11.5 Å². The summed E-state index contributed by atoms with van der Waals surface area (Å²) in [4.78, 5) is 16.5. The van der Waals surface area contributed by atoms with Crippen LogP contribution in [0.1, 0.15) is 24.2 Å². The van der Waals surface area contributed by atoms with Crippen molar-refractivity contribution in [2.24, 2.45) is 0 Å². The SMILES string of the molecule is O=C(CCc1ccc2c(c1)OCO2)N[C@@H]1CCc2nccn2C1. The maximum absolute atomic E-state index is 12.2. The molecule has 1 atom stereocenters. The standard InChI is InChI=1S/C17H19N3O3/c21-17(19-13-3-5-16-18-7-8-20(16)10-13)6-2-12-1-4-14-15(9-12)23-11-22-14/h1,4,7-9,13H,2-3,5-6,10-11H2,(H,19,21)/t13-/m1/s1. The van der Waals surface area contributed by atoms with Gasteiger partial charge in [-0.15, -0.1) is 0 Å². The molecule has 4 rings (SSSR count). The van der Waals surface area contributed by atoms with Crippen molar-refractivity contribution in [3.05, 3.63) is 42.0 Å². The number of carbonyl (C=O) groups excluding carboxylic acids is 1. The van der Waals surface area contributed by atoms with Crippen molar-refractivity contribution >= 4 is 5.91 Å². The van der Waals surface area contributed by atoms with Crippen LogP contribution in [0.15, 0.2) is 30.6 Å². The first-order chi connectivity index (χ1) is 11.3. The summed E-state index contributed by atoms with van der Waals surface area (Å²) in [7, 11) is 0. The summed E-state index contributed by atoms with van der Waals surface area (Å²) in [5.74, 6) is 2.74. The first kappa shape index (κ1) is 14.1. The van der Waals surface area contributed by atoms with Gasteiger partial charge in [-0.1, -0.05) is 6.07 Å². The number of nitrogens with zero attached hydrogens (tertiary/aromatic N) is 2. The number of rotatable bonds is 4. The highest BCUT2D eigenvalue weighted by Gasteiger charge is 2.20. The molecule has 0 spiro atoms. The third-order valence-corrected chi connectivity index (χ3v) is 4.38. The summed E-state index contributed by atoms with van der Waals surface area (Å²) in [6.45, 7) is 1.09. The van der Waals surface area contributed by atoms with Crippen LogP contribution in [0, 0.1) is 0 Å². The van der Waals surface area contributed by atoms with E-state index in [1.54, 1.807) is 0 Å². The summed E-state index contributed by atoms with van der Waals surface area (Å²) in [6, 6.07) is 6.03. The predicted octanol–water partition coefficient (Wildman–Crippen LogP) is 1.68. The lowest BCUT2D eigenvalue weighted by atomic mass is 10.1. The molecule has 120 valence electrons. The minimum Gasteiger partial charge on any atom is -0.454 e. The number of aryl methyl sites for hydroxylation is 2. The van der Waals surface area contributed by atoms with Gasteiger partial charge in [0.25, 0.3) is 0 Å². The van der Waals surface area contributed by atoms with Crippen LogP contribution < -0.4 is 14.8 Å². The molecule has 2 aliphatic heterocycles. The molecule has 1 amide bonds. The second-order valence-corrected chi connectivity index (χ2v) is 5.99. The first-order valence-electron chi connectivity index (χ1n) is 7.96. The van der Waals surface area contributed by atoms with Gasteiger partial charge in [-0.05, 0) is 30.5 Å². The van der Waals surface area contributed by atoms with E-state index in [0.717, 1.165) is 42.3 Å². The van der Waals surface area contributed by atoms with Gasteiger partial charge in [0.2, 0.25) is 12.7 Å². The maximum atomic E-state index is 12.2. The average Bonchev–Trinajstić information content (AvgIpc) is 3.20. The molecule has 6 nitrogen and oxygen atoms in total. The number of amides is 1. The fourth-order valence-electron chi connectivity index (χ4n) is 3.14. The Hall–Kier alpha value is -2.50. The number of ether oxygens (including phenoxy) is 2. The van der Waals surface area contributed by atoms with Gasteiger partial charge in [0, 0.05) is 37.8 Å². The Morgan fingerprint density at radius 3 is 3.22 bits per heavy atom. The zero-order chi connectivity index (χ0) is 15.6. The largest absolute Gasteiger partial charge is 0.454 e. The molecule has 0 saturated heterocycles. The molecule has 2 aromatic rings. The lowest BCUT2D eigenvalue weighted by Crippen LogP contribution is -2.40. The molecule has 0 aliphatic carbocycles. The zero-order valence-corrected chi connectivity index (χ0v) is 12.8. The van der Waals surface area contributed by atoms with Crippen molar-refractivity contribution in [3.8, 4) is 11.5 Å². The third-order valence-electron chi connectivity index (χ3n) is 4.38. The summed E-state index contributed by atoms with van der Waals surface area (Å²) in [5.41, 5.74) is 1.09. The fraction of sp³-hybridized carbons (Fsp3) is 0.412. The average molecular weight is 313 g/mol. The smallest absolute Gasteiger partial charge is 0.231 e. The number of carbonyl (C=O) groups is 1. The van der Waals surface area contributed by atoms with Gasteiger partial charge >= 0.3 is 0 Å². The van der Waals surface area contributed by atoms with Gasteiger partial charge in [-0.2, -0.15) is 0 Å². The van der Waals surface area contributed by atoms with E-state index in [-0.39, 0.29) is 18.7 Å². The molecule has 0 bridgehead atoms. The molecule has 1 N–H and O–H groups in total.